The van der Waals surface area contributed by atoms with Gasteiger partial charge < -0.3 is 5.32 Å². The molecular formula is C10H11N5. The third-order valence-corrected chi connectivity index (χ3v) is 1.90. The monoisotopic (exact) mass is 201 g/mol. The van der Waals surface area contributed by atoms with E-state index in [9.17, 15) is 0 Å². The number of hydrogen-bond donors (Lipinski definition) is 1. The maximum atomic E-state index is 4.23. The first-order valence-corrected chi connectivity index (χ1v) is 4.62. The first-order chi connectivity index (χ1) is 7.40. The van der Waals surface area contributed by atoms with Crippen molar-refractivity contribution in [3.63, 3.8) is 0 Å². The van der Waals surface area contributed by atoms with Gasteiger partial charge in [0.25, 0.3) is 0 Å². The van der Waals surface area contributed by atoms with Crippen molar-refractivity contribution < 1.29 is 0 Å². The number of hydrogen-bond acceptors (Lipinski definition) is 5. The van der Waals surface area contributed by atoms with Crippen LogP contribution in [-0.2, 0) is 6.54 Å². The summed E-state index contributed by atoms with van der Waals surface area (Å²) in [6.45, 7) is 0.768. The van der Waals surface area contributed by atoms with E-state index in [1.54, 1.807) is 24.7 Å². The van der Waals surface area contributed by atoms with E-state index in [0.29, 0.717) is 5.82 Å². The molecule has 2 aromatic rings. The van der Waals surface area contributed by atoms with Gasteiger partial charge in [-0.25, -0.2) is 19.9 Å². The lowest BCUT2D eigenvalue weighted by Crippen LogP contribution is -2.06. The molecule has 1 N–H and O–H groups in total. The topological polar surface area (TPSA) is 63.6 Å². The predicted molar refractivity (Wildman–Crippen MR) is 55.8 cm³/mol. The van der Waals surface area contributed by atoms with Crippen LogP contribution in [0.3, 0.4) is 0 Å². The number of nitrogens with zero attached hydrogens (tertiary/aromatic N) is 4. The zero-order chi connectivity index (χ0) is 10.5. The van der Waals surface area contributed by atoms with E-state index in [-0.39, 0.29) is 0 Å². The molecule has 0 aliphatic heterocycles. The molecule has 0 aliphatic carbocycles. The molecule has 2 rings (SSSR count). The molecule has 0 spiro atoms. The highest BCUT2D eigenvalue weighted by molar-refractivity contribution is 5.46. The fraction of sp³-hybridized carbons (Fsp3) is 0.200. The Labute approximate surface area is 87.6 Å². The van der Waals surface area contributed by atoms with E-state index in [1.807, 2.05) is 7.05 Å². The van der Waals surface area contributed by atoms with Crippen molar-refractivity contribution in [1.29, 1.82) is 0 Å². The van der Waals surface area contributed by atoms with Gasteiger partial charge in [0.1, 0.15) is 12.0 Å². The summed E-state index contributed by atoms with van der Waals surface area (Å²) in [7, 11) is 1.89. The summed E-state index contributed by atoms with van der Waals surface area (Å²) < 4.78 is 0. The third-order valence-electron chi connectivity index (χ3n) is 1.90. The summed E-state index contributed by atoms with van der Waals surface area (Å²) in [5.74, 6) is 0.622. The summed E-state index contributed by atoms with van der Waals surface area (Å²) in [6, 6.07) is 1.78. The molecule has 0 atom stereocenters. The van der Waals surface area contributed by atoms with E-state index in [4.69, 9.17) is 0 Å². The SMILES string of the molecule is CNCc1cnc(-c2ccncn2)nc1. The lowest BCUT2D eigenvalue weighted by molar-refractivity contribution is 0.807. The molecule has 2 heterocycles. The Morgan fingerprint density at radius 2 is 2.00 bits per heavy atom. The Bertz CT molecular complexity index is 412. The standard InChI is InChI=1S/C10H11N5/c1-11-4-8-5-13-10(14-6-8)9-2-3-12-7-15-9/h2-3,5-7,11H,4H2,1H3. The van der Waals surface area contributed by atoms with Crippen LogP contribution >= 0.6 is 0 Å². The van der Waals surface area contributed by atoms with Crippen LogP contribution in [0.25, 0.3) is 11.5 Å². The molecule has 0 unspecified atom stereocenters. The van der Waals surface area contributed by atoms with Gasteiger partial charge in [-0.1, -0.05) is 0 Å². The van der Waals surface area contributed by atoms with Crippen LogP contribution in [-0.4, -0.2) is 27.0 Å². The molecule has 0 bridgehead atoms. The fourth-order valence-corrected chi connectivity index (χ4v) is 1.21. The molecule has 5 nitrogen and oxygen atoms in total. The maximum Gasteiger partial charge on any atom is 0.178 e. The van der Waals surface area contributed by atoms with Gasteiger partial charge in [0.2, 0.25) is 0 Å². The zero-order valence-corrected chi connectivity index (χ0v) is 8.38. The molecule has 0 saturated carbocycles. The Kier molecular flexibility index (Phi) is 2.94. The van der Waals surface area contributed by atoms with E-state index in [1.165, 1.54) is 6.33 Å². The van der Waals surface area contributed by atoms with Gasteiger partial charge in [0.05, 0.1) is 0 Å². The number of nitrogens with one attached hydrogen (secondary N) is 1. The molecule has 2 aromatic heterocycles. The van der Waals surface area contributed by atoms with Crippen LogP contribution in [0.15, 0.2) is 31.0 Å². The van der Waals surface area contributed by atoms with Gasteiger partial charge in [0, 0.05) is 30.7 Å². The average Bonchev–Trinajstić information content (AvgIpc) is 2.32. The molecule has 0 amide bonds. The summed E-state index contributed by atoms with van der Waals surface area (Å²) in [5.41, 5.74) is 1.79. The van der Waals surface area contributed by atoms with Gasteiger partial charge in [0.15, 0.2) is 5.82 Å². The molecule has 0 fully saturated rings. The molecule has 0 aliphatic rings. The molecule has 0 saturated heterocycles. The molecule has 0 aromatic carbocycles. The summed E-state index contributed by atoms with van der Waals surface area (Å²) in [6.07, 6.45) is 6.75. The molecular weight excluding hydrogens is 190 g/mol. The van der Waals surface area contributed by atoms with Crippen LogP contribution in [0, 0.1) is 0 Å². The number of rotatable bonds is 3. The highest BCUT2D eigenvalue weighted by Crippen LogP contribution is 2.08. The second-order valence-electron chi connectivity index (χ2n) is 3.04. The lowest BCUT2D eigenvalue weighted by atomic mass is 10.3. The second kappa shape index (κ2) is 4.56. The minimum absolute atomic E-state index is 0.622. The molecule has 15 heavy (non-hydrogen) atoms. The van der Waals surface area contributed by atoms with Crippen LogP contribution < -0.4 is 5.32 Å². The van der Waals surface area contributed by atoms with Crippen LogP contribution in [0.5, 0.6) is 0 Å². The van der Waals surface area contributed by atoms with Crippen molar-refractivity contribution in [3.05, 3.63) is 36.5 Å². The summed E-state index contributed by atoms with van der Waals surface area (Å²) >= 11 is 0. The largest absolute Gasteiger partial charge is 0.316 e. The minimum Gasteiger partial charge on any atom is -0.316 e. The molecule has 5 heteroatoms. The van der Waals surface area contributed by atoms with Crippen LogP contribution in [0.4, 0.5) is 0 Å². The normalized spacial score (nSPS) is 10.2. The maximum absolute atomic E-state index is 4.23. The van der Waals surface area contributed by atoms with Crippen LogP contribution in [0.1, 0.15) is 5.56 Å². The van der Waals surface area contributed by atoms with Crippen molar-refractivity contribution in [2.75, 3.05) is 7.05 Å². The van der Waals surface area contributed by atoms with Gasteiger partial charge in [-0.05, 0) is 13.1 Å². The van der Waals surface area contributed by atoms with E-state index in [2.05, 4.69) is 25.3 Å². The highest BCUT2D eigenvalue weighted by atomic mass is 14.9. The smallest absolute Gasteiger partial charge is 0.178 e. The predicted octanol–water partition coefficient (Wildman–Crippen LogP) is 0.653. The number of aromatic nitrogens is 4. The van der Waals surface area contributed by atoms with Crippen molar-refractivity contribution in [2.45, 2.75) is 6.54 Å². The van der Waals surface area contributed by atoms with Crippen molar-refractivity contribution in [1.82, 2.24) is 25.3 Å². The first kappa shape index (κ1) is 9.67. The van der Waals surface area contributed by atoms with Crippen molar-refractivity contribution >= 4 is 0 Å². The lowest BCUT2D eigenvalue weighted by Gasteiger charge is -2.00. The quantitative estimate of drug-likeness (QED) is 0.790. The van der Waals surface area contributed by atoms with Gasteiger partial charge in [-0.15, -0.1) is 0 Å². The highest BCUT2D eigenvalue weighted by Gasteiger charge is 2.01. The minimum atomic E-state index is 0.622. The van der Waals surface area contributed by atoms with E-state index < -0.39 is 0 Å². The van der Waals surface area contributed by atoms with Crippen LogP contribution in [0.2, 0.25) is 0 Å². The van der Waals surface area contributed by atoms with Gasteiger partial charge in [-0.3, -0.25) is 0 Å². The third kappa shape index (κ3) is 2.32. The van der Waals surface area contributed by atoms with Gasteiger partial charge in [-0.2, -0.15) is 0 Å². The van der Waals surface area contributed by atoms with E-state index >= 15 is 0 Å². The molecule has 0 radical (unpaired) electrons. The Hall–Kier alpha value is -1.88. The van der Waals surface area contributed by atoms with Gasteiger partial charge >= 0.3 is 0 Å². The molecule has 76 valence electrons. The van der Waals surface area contributed by atoms with E-state index in [0.717, 1.165) is 17.8 Å². The second-order valence-corrected chi connectivity index (χ2v) is 3.04. The Balaban J connectivity index is 2.24. The summed E-state index contributed by atoms with van der Waals surface area (Å²) in [4.78, 5) is 16.4. The fourth-order valence-electron chi connectivity index (χ4n) is 1.21. The zero-order valence-electron chi connectivity index (χ0n) is 8.38. The average molecular weight is 201 g/mol. The first-order valence-electron chi connectivity index (χ1n) is 4.62. The Morgan fingerprint density at radius 3 is 2.60 bits per heavy atom. The Morgan fingerprint density at radius 1 is 1.20 bits per heavy atom. The van der Waals surface area contributed by atoms with Crippen molar-refractivity contribution in [3.8, 4) is 11.5 Å². The summed E-state index contributed by atoms with van der Waals surface area (Å²) in [5, 5.41) is 3.04. The van der Waals surface area contributed by atoms with Crippen molar-refractivity contribution in [2.24, 2.45) is 0 Å².